The number of hydrogen-bond acceptors (Lipinski definition) is 3. The maximum Gasteiger partial charge on any atom is 0.307 e. The Labute approximate surface area is 127 Å². The Balaban J connectivity index is 1.76. The number of carbonyl (C=O) groups is 1. The summed E-state index contributed by atoms with van der Waals surface area (Å²) in [5.74, 6) is 0.447. The van der Waals surface area contributed by atoms with Gasteiger partial charge < -0.3 is 14.6 Å². The zero-order chi connectivity index (χ0) is 15.1. The Morgan fingerprint density at radius 2 is 1.67 bits per heavy atom. The summed E-state index contributed by atoms with van der Waals surface area (Å²) in [5, 5.41) is 9.25. The molecule has 0 unspecified atom stereocenters. The van der Waals surface area contributed by atoms with Crippen molar-refractivity contribution >= 4 is 17.6 Å². The van der Waals surface area contributed by atoms with E-state index in [0.717, 1.165) is 5.56 Å². The van der Waals surface area contributed by atoms with Crippen molar-refractivity contribution in [1.29, 1.82) is 0 Å². The van der Waals surface area contributed by atoms with Gasteiger partial charge in [0.25, 0.3) is 0 Å². The first-order valence-corrected chi connectivity index (χ1v) is 6.84. The van der Waals surface area contributed by atoms with E-state index in [1.165, 1.54) is 0 Å². The summed E-state index contributed by atoms with van der Waals surface area (Å²) in [6, 6.07) is 14.2. The fraction of sp³-hybridized carbons (Fsp3) is 0.188. The minimum absolute atomic E-state index is 0.00982. The summed E-state index contributed by atoms with van der Waals surface area (Å²) < 4.78 is 11.0. The Bertz CT molecular complexity index is 595. The van der Waals surface area contributed by atoms with Gasteiger partial charge in [0.2, 0.25) is 0 Å². The lowest BCUT2D eigenvalue weighted by atomic mass is 10.1. The maximum atomic E-state index is 10.6. The molecule has 0 aliphatic rings. The van der Waals surface area contributed by atoms with E-state index >= 15 is 0 Å². The number of carboxylic acids is 1. The van der Waals surface area contributed by atoms with Crippen LogP contribution in [0.5, 0.6) is 11.5 Å². The van der Waals surface area contributed by atoms with E-state index in [1.54, 1.807) is 36.4 Å². The molecule has 4 nitrogen and oxygen atoms in total. The second-order valence-corrected chi connectivity index (χ2v) is 4.75. The van der Waals surface area contributed by atoms with Crippen molar-refractivity contribution in [3.63, 3.8) is 0 Å². The topological polar surface area (TPSA) is 55.8 Å². The van der Waals surface area contributed by atoms with Crippen LogP contribution in [-0.2, 0) is 11.2 Å². The van der Waals surface area contributed by atoms with Crippen LogP contribution in [0.4, 0.5) is 0 Å². The maximum absolute atomic E-state index is 10.6. The number of benzene rings is 2. The van der Waals surface area contributed by atoms with Crippen molar-refractivity contribution in [2.75, 3.05) is 13.2 Å². The third-order valence-corrected chi connectivity index (χ3v) is 3.04. The first-order chi connectivity index (χ1) is 10.1. The van der Waals surface area contributed by atoms with Gasteiger partial charge in [-0.2, -0.15) is 0 Å². The van der Waals surface area contributed by atoms with Crippen molar-refractivity contribution in [2.24, 2.45) is 0 Å². The van der Waals surface area contributed by atoms with E-state index in [9.17, 15) is 4.79 Å². The molecule has 0 heterocycles. The molecule has 2 rings (SSSR count). The van der Waals surface area contributed by atoms with E-state index in [1.807, 2.05) is 12.1 Å². The zero-order valence-electron chi connectivity index (χ0n) is 11.3. The molecule has 0 radical (unpaired) electrons. The van der Waals surface area contributed by atoms with E-state index in [-0.39, 0.29) is 6.42 Å². The van der Waals surface area contributed by atoms with Crippen molar-refractivity contribution in [1.82, 2.24) is 0 Å². The number of rotatable bonds is 7. The third-order valence-electron chi connectivity index (χ3n) is 2.72. The molecule has 0 aliphatic carbocycles. The van der Waals surface area contributed by atoms with Gasteiger partial charge >= 0.3 is 5.97 Å². The van der Waals surface area contributed by atoms with Crippen LogP contribution in [0.3, 0.4) is 0 Å². The molecule has 0 aliphatic heterocycles. The molecule has 21 heavy (non-hydrogen) atoms. The van der Waals surface area contributed by atoms with Crippen LogP contribution in [0.25, 0.3) is 0 Å². The van der Waals surface area contributed by atoms with Crippen LogP contribution in [0.2, 0.25) is 5.02 Å². The van der Waals surface area contributed by atoms with Crippen molar-refractivity contribution in [3.8, 4) is 11.5 Å². The van der Waals surface area contributed by atoms with Gasteiger partial charge in [-0.25, -0.2) is 0 Å². The molecule has 1 N–H and O–H groups in total. The molecule has 0 saturated carbocycles. The fourth-order valence-corrected chi connectivity index (χ4v) is 1.94. The molecule has 0 spiro atoms. The lowest BCUT2D eigenvalue weighted by Crippen LogP contribution is -2.09. The van der Waals surface area contributed by atoms with Crippen LogP contribution in [0.15, 0.2) is 48.5 Å². The standard InChI is InChI=1S/C16H15ClO4/c17-14-3-1-2-4-15(14)21-10-9-20-13-7-5-12(6-8-13)11-16(18)19/h1-8H,9-11H2,(H,18,19). The Morgan fingerprint density at radius 3 is 2.33 bits per heavy atom. The highest BCUT2D eigenvalue weighted by molar-refractivity contribution is 6.32. The SMILES string of the molecule is O=C(O)Cc1ccc(OCCOc2ccccc2Cl)cc1. The Morgan fingerprint density at radius 1 is 1.00 bits per heavy atom. The molecule has 0 atom stereocenters. The molecular weight excluding hydrogens is 292 g/mol. The van der Waals surface area contributed by atoms with E-state index in [2.05, 4.69) is 0 Å². The van der Waals surface area contributed by atoms with E-state index in [4.69, 9.17) is 26.2 Å². The number of ether oxygens (including phenoxy) is 2. The average molecular weight is 307 g/mol. The second kappa shape index (κ2) is 7.55. The summed E-state index contributed by atoms with van der Waals surface area (Å²) >= 11 is 5.97. The van der Waals surface area contributed by atoms with Crippen LogP contribution in [0, 0.1) is 0 Å². The lowest BCUT2D eigenvalue weighted by Gasteiger charge is -2.09. The van der Waals surface area contributed by atoms with Gasteiger partial charge in [-0.1, -0.05) is 35.9 Å². The quantitative estimate of drug-likeness (QED) is 0.796. The Kier molecular flexibility index (Phi) is 5.46. The molecule has 2 aromatic carbocycles. The van der Waals surface area contributed by atoms with Gasteiger partial charge in [-0.15, -0.1) is 0 Å². The highest BCUT2D eigenvalue weighted by Crippen LogP contribution is 2.22. The molecule has 0 bridgehead atoms. The van der Waals surface area contributed by atoms with Crippen molar-refractivity contribution in [3.05, 3.63) is 59.1 Å². The normalized spacial score (nSPS) is 10.1. The van der Waals surface area contributed by atoms with Crippen LogP contribution in [0.1, 0.15) is 5.56 Å². The minimum atomic E-state index is -0.850. The number of halogens is 1. The van der Waals surface area contributed by atoms with Gasteiger partial charge in [-0.3, -0.25) is 4.79 Å². The number of carboxylic acid groups (broad SMARTS) is 1. The molecule has 5 heteroatoms. The Hall–Kier alpha value is -2.20. The van der Waals surface area contributed by atoms with Crippen molar-refractivity contribution < 1.29 is 19.4 Å². The summed E-state index contributed by atoms with van der Waals surface area (Å²) in [5.41, 5.74) is 0.738. The smallest absolute Gasteiger partial charge is 0.307 e. The highest BCUT2D eigenvalue weighted by atomic mass is 35.5. The predicted molar refractivity (Wildman–Crippen MR) is 80.2 cm³/mol. The highest BCUT2D eigenvalue weighted by Gasteiger charge is 2.02. The second-order valence-electron chi connectivity index (χ2n) is 4.34. The number of hydrogen-bond donors (Lipinski definition) is 1. The number of aliphatic carboxylic acids is 1. The summed E-state index contributed by atoms with van der Waals surface area (Å²) in [4.78, 5) is 10.6. The van der Waals surface area contributed by atoms with Crippen LogP contribution < -0.4 is 9.47 Å². The van der Waals surface area contributed by atoms with Crippen LogP contribution in [-0.4, -0.2) is 24.3 Å². The van der Waals surface area contributed by atoms with Crippen molar-refractivity contribution in [2.45, 2.75) is 6.42 Å². The van der Waals surface area contributed by atoms with Gasteiger partial charge in [0, 0.05) is 0 Å². The molecule has 0 aromatic heterocycles. The molecule has 0 fully saturated rings. The van der Waals surface area contributed by atoms with Gasteiger partial charge in [0.1, 0.15) is 24.7 Å². The van der Waals surface area contributed by atoms with Gasteiger partial charge in [0.05, 0.1) is 11.4 Å². The van der Waals surface area contributed by atoms with E-state index in [0.29, 0.717) is 29.7 Å². The average Bonchev–Trinajstić information content (AvgIpc) is 2.46. The van der Waals surface area contributed by atoms with Gasteiger partial charge in [-0.05, 0) is 29.8 Å². The predicted octanol–water partition coefficient (Wildman–Crippen LogP) is 3.42. The monoisotopic (exact) mass is 306 g/mol. The van der Waals surface area contributed by atoms with Gasteiger partial charge in [0.15, 0.2) is 0 Å². The third kappa shape index (κ3) is 5.00. The summed E-state index contributed by atoms with van der Waals surface area (Å²) in [6.07, 6.45) is 0.00982. The van der Waals surface area contributed by atoms with E-state index < -0.39 is 5.97 Å². The first-order valence-electron chi connectivity index (χ1n) is 6.46. The van der Waals surface area contributed by atoms with Crippen LogP contribution >= 0.6 is 11.6 Å². The fourth-order valence-electron chi connectivity index (χ4n) is 1.75. The largest absolute Gasteiger partial charge is 0.490 e. The lowest BCUT2D eigenvalue weighted by molar-refractivity contribution is -0.136. The first kappa shape index (κ1) is 15.2. The molecule has 2 aromatic rings. The zero-order valence-corrected chi connectivity index (χ0v) is 12.0. The molecule has 0 amide bonds. The molecular formula is C16H15ClO4. The summed E-state index contributed by atoms with van der Waals surface area (Å²) in [7, 11) is 0. The summed E-state index contributed by atoms with van der Waals surface area (Å²) in [6.45, 7) is 0.754. The molecule has 0 saturated heterocycles. The molecule has 110 valence electrons. The number of para-hydroxylation sites is 1. The minimum Gasteiger partial charge on any atom is -0.490 e.